The molecule has 1 aromatic heterocycles. The number of amides is 2. The van der Waals surface area contributed by atoms with E-state index in [1.54, 1.807) is 0 Å². The molecule has 0 aliphatic carbocycles. The van der Waals surface area contributed by atoms with Crippen LogP contribution in [0.1, 0.15) is 42.7 Å². The molecule has 158 valence electrons. The number of para-hydroxylation sites is 1. The highest BCUT2D eigenvalue weighted by Crippen LogP contribution is 2.26. The molecule has 6 nitrogen and oxygen atoms in total. The quantitative estimate of drug-likeness (QED) is 0.786. The first-order chi connectivity index (χ1) is 13.7. The molecule has 6 heteroatoms. The Kier molecular flexibility index (Phi) is 6.32. The molecular weight excluding hydrogens is 364 g/mol. The van der Waals surface area contributed by atoms with E-state index in [1.807, 2.05) is 50.2 Å². The van der Waals surface area contributed by atoms with Gasteiger partial charge in [0.15, 0.2) is 0 Å². The van der Waals surface area contributed by atoms with Gasteiger partial charge in [-0.1, -0.05) is 32.0 Å². The molecule has 1 aliphatic rings. The molecule has 1 aliphatic heterocycles. The number of likely N-dealkylation sites (tertiary alicyclic amines) is 1. The lowest BCUT2D eigenvalue weighted by molar-refractivity contribution is -0.126. The number of aryl methyl sites for hydroxylation is 1. The number of nitrogens with zero attached hydrogens (tertiary/aromatic N) is 2. The molecule has 1 aromatic carbocycles. The lowest BCUT2D eigenvalue weighted by atomic mass is 9.91. The van der Waals surface area contributed by atoms with Crippen molar-refractivity contribution in [2.75, 3.05) is 40.3 Å². The lowest BCUT2D eigenvalue weighted by Gasteiger charge is -2.33. The van der Waals surface area contributed by atoms with Gasteiger partial charge < -0.3 is 20.1 Å². The van der Waals surface area contributed by atoms with Crippen molar-refractivity contribution >= 4 is 22.7 Å². The van der Waals surface area contributed by atoms with Crippen LogP contribution in [-0.4, -0.2) is 66.9 Å². The summed E-state index contributed by atoms with van der Waals surface area (Å²) in [6, 6.07) is 7.91. The average molecular weight is 399 g/mol. The minimum absolute atomic E-state index is 0.0155. The monoisotopic (exact) mass is 398 g/mol. The summed E-state index contributed by atoms with van der Waals surface area (Å²) in [5.74, 6) is 0.163. The van der Waals surface area contributed by atoms with E-state index >= 15 is 0 Å². The number of hydrogen-bond acceptors (Lipinski definition) is 3. The first kappa shape index (κ1) is 21.4. The van der Waals surface area contributed by atoms with Crippen LogP contribution in [0.3, 0.4) is 0 Å². The minimum Gasteiger partial charge on any atom is -0.358 e. The van der Waals surface area contributed by atoms with Gasteiger partial charge in [0.1, 0.15) is 0 Å². The second kappa shape index (κ2) is 8.57. The summed E-state index contributed by atoms with van der Waals surface area (Å²) >= 11 is 0. The Morgan fingerprint density at radius 2 is 1.86 bits per heavy atom. The van der Waals surface area contributed by atoms with Gasteiger partial charge in [-0.2, -0.15) is 0 Å². The SMILES string of the molecule is Cc1[nH]c2ccccc2c1C(=O)N1CCC(C(=O)NCC(C)(C)CN(C)C)CC1. The van der Waals surface area contributed by atoms with Crippen molar-refractivity contribution < 1.29 is 9.59 Å². The van der Waals surface area contributed by atoms with Gasteiger partial charge in [0, 0.05) is 48.7 Å². The van der Waals surface area contributed by atoms with Crippen LogP contribution in [-0.2, 0) is 4.79 Å². The van der Waals surface area contributed by atoms with Crippen molar-refractivity contribution in [3.8, 4) is 0 Å². The van der Waals surface area contributed by atoms with Crippen molar-refractivity contribution in [2.45, 2.75) is 33.6 Å². The van der Waals surface area contributed by atoms with Gasteiger partial charge in [0.05, 0.1) is 5.56 Å². The van der Waals surface area contributed by atoms with Crippen LogP contribution >= 0.6 is 0 Å². The number of rotatable bonds is 6. The predicted octanol–water partition coefficient (Wildman–Crippen LogP) is 3.03. The van der Waals surface area contributed by atoms with E-state index in [0.29, 0.717) is 32.5 Å². The summed E-state index contributed by atoms with van der Waals surface area (Å²) < 4.78 is 0. The summed E-state index contributed by atoms with van der Waals surface area (Å²) in [7, 11) is 4.09. The van der Waals surface area contributed by atoms with Crippen LogP contribution < -0.4 is 5.32 Å². The smallest absolute Gasteiger partial charge is 0.256 e. The van der Waals surface area contributed by atoms with Crippen LogP contribution in [0.15, 0.2) is 24.3 Å². The predicted molar refractivity (Wildman–Crippen MR) is 117 cm³/mol. The zero-order valence-corrected chi connectivity index (χ0v) is 18.3. The summed E-state index contributed by atoms with van der Waals surface area (Å²) in [4.78, 5) is 33.1. The maximum absolute atomic E-state index is 13.1. The topological polar surface area (TPSA) is 68.4 Å². The highest BCUT2D eigenvalue weighted by atomic mass is 16.2. The minimum atomic E-state index is -0.0155. The molecule has 2 N–H and O–H groups in total. The third kappa shape index (κ3) is 4.99. The molecule has 0 saturated carbocycles. The molecule has 0 radical (unpaired) electrons. The normalized spacial score (nSPS) is 15.9. The summed E-state index contributed by atoms with van der Waals surface area (Å²) in [5, 5.41) is 4.10. The summed E-state index contributed by atoms with van der Waals surface area (Å²) in [6.45, 7) is 9.11. The van der Waals surface area contributed by atoms with Crippen molar-refractivity contribution in [1.29, 1.82) is 0 Å². The van der Waals surface area contributed by atoms with Gasteiger partial charge in [0.25, 0.3) is 5.91 Å². The van der Waals surface area contributed by atoms with E-state index in [9.17, 15) is 9.59 Å². The molecule has 2 heterocycles. The van der Waals surface area contributed by atoms with E-state index in [0.717, 1.165) is 28.7 Å². The number of aromatic amines is 1. The number of fused-ring (bicyclic) bond motifs is 1. The Bertz CT molecular complexity index is 876. The molecule has 0 spiro atoms. The molecule has 1 fully saturated rings. The van der Waals surface area contributed by atoms with Crippen molar-refractivity contribution in [1.82, 2.24) is 20.1 Å². The van der Waals surface area contributed by atoms with Crippen LogP contribution in [0.2, 0.25) is 0 Å². The van der Waals surface area contributed by atoms with Crippen LogP contribution in [0.5, 0.6) is 0 Å². The van der Waals surface area contributed by atoms with E-state index in [1.165, 1.54) is 0 Å². The molecule has 1 saturated heterocycles. The van der Waals surface area contributed by atoms with Gasteiger partial charge in [-0.3, -0.25) is 9.59 Å². The molecular formula is C23H34N4O2. The maximum atomic E-state index is 13.1. The third-order valence-electron chi connectivity index (χ3n) is 5.75. The Morgan fingerprint density at radius 3 is 2.52 bits per heavy atom. The molecule has 0 bridgehead atoms. The third-order valence-corrected chi connectivity index (χ3v) is 5.75. The second-order valence-corrected chi connectivity index (χ2v) is 9.36. The zero-order chi connectivity index (χ0) is 21.2. The molecule has 2 amide bonds. The van der Waals surface area contributed by atoms with Gasteiger partial charge in [-0.15, -0.1) is 0 Å². The summed E-state index contributed by atoms with van der Waals surface area (Å²) in [6.07, 6.45) is 1.43. The highest BCUT2D eigenvalue weighted by molar-refractivity contribution is 6.08. The van der Waals surface area contributed by atoms with E-state index in [4.69, 9.17) is 0 Å². The molecule has 2 aromatic rings. The molecule has 0 atom stereocenters. The second-order valence-electron chi connectivity index (χ2n) is 9.36. The fourth-order valence-electron chi connectivity index (χ4n) is 4.44. The van der Waals surface area contributed by atoms with Crippen molar-refractivity contribution in [3.05, 3.63) is 35.5 Å². The number of carbonyl (C=O) groups is 2. The van der Waals surface area contributed by atoms with Gasteiger partial charge in [0.2, 0.25) is 5.91 Å². The number of piperidine rings is 1. The molecule has 0 unspecified atom stereocenters. The highest BCUT2D eigenvalue weighted by Gasteiger charge is 2.30. The number of hydrogen-bond donors (Lipinski definition) is 2. The van der Waals surface area contributed by atoms with Gasteiger partial charge >= 0.3 is 0 Å². The van der Waals surface area contributed by atoms with Crippen LogP contribution in [0.25, 0.3) is 10.9 Å². The fraction of sp³-hybridized carbons (Fsp3) is 0.565. The number of aromatic nitrogens is 1. The number of H-pyrrole nitrogens is 1. The average Bonchev–Trinajstić information content (AvgIpc) is 3.00. The van der Waals surface area contributed by atoms with Crippen LogP contribution in [0, 0.1) is 18.3 Å². The Balaban J connectivity index is 1.57. The number of carbonyl (C=O) groups excluding carboxylic acids is 2. The van der Waals surface area contributed by atoms with Crippen molar-refractivity contribution in [3.63, 3.8) is 0 Å². The van der Waals surface area contributed by atoms with E-state index in [2.05, 4.69) is 29.0 Å². The van der Waals surface area contributed by atoms with E-state index < -0.39 is 0 Å². The standard InChI is InChI=1S/C23H34N4O2/c1-16-20(18-8-6-7-9-19(18)25-16)22(29)27-12-10-17(11-13-27)21(28)24-14-23(2,3)15-26(4)5/h6-9,17,25H,10-15H2,1-5H3,(H,24,28). The first-order valence-corrected chi connectivity index (χ1v) is 10.5. The Hall–Kier alpha value is -2.34. The van der Waals surface area contributed by atoms with Gasteiger partial charge in [-0.25, -0.2) is 0 Å². The van der Waals surface area contributed by atoms with Crippen LogP contribution in [0.4, 0.5) is 0 Å². The fourth-order valence-corrected chi connectivity index (χ4v) is 4.44. The Labute approximate surface area is 173 Å². The van der Waals surface area contributed by atoms with E-state index in [-0.39, 0.29) is 23.1 Å². The largest absolute Gasteiger partial charge is 0.358 e. The molecule has 29 heavy (non-hydrogen) atoms. The maximum Gasteiger partial charge on any atom is 0.256 e. The number of nitrogens with one attached hydrogen (secondary N) is 2. The number of benzene rings is 1. The zero-order valence-electron chi connectivity index (χ0n) is 18.3. The first-order valence-electron chi connectivity index (χ1n) is 10.5. The lowest BCUT2D eigenvalue weighted by Crippen LogP contribution is -2.46. The van der Waals surface area contributed by atoms with Crippen molar-refractivity contribution in [2.24, 2.45) is 11.3 Å². The molecule has 3 rings (SSSR count). The Morgan fingerprint density at radius 1 is 1.21 bits per heavy atom. The van der Waals surface area contributed by atoms with Gasteiger partial charge in [-0.05, 0) is 45.3 Å². The summed E-state index contributed by atoms with van der Waals surface area (Å²) in [5.41, 5.74) is 2.68.